The molecule has 1 saturated heterocycles. The van der Waals surface area contributed by atoms with Gasteiger partial charge in [-0.05, 0) is 56.5 Å². The molecule has 4 nitrogen and oxygen atoms in total. The van der Waals surface area contributed by atoms with E-state index in [9.17, 15) is 9.90 Å². The van der Waals surface area contributed by atoms with Gasteiger partial charge in [0.1, 0.15) is 6.04 Å². The maximum absolute atomic E-state index is 11.2. The van der Waals surface area contributed by atoms with Crippen molar-refractivity contribution in [2.75, 3.05) is 19.6 Å². The Morgan fingerprint density at radius 1 is 1.25 bits per heavy atom. The first-order valence-electron chi connectivity index (χ1n) is 8.07. The predicted molar refractivity (Wildman–Crippen MR) is 80.8 cm³/mol. The second-order valence-electron chi connectivity index (χ2n) is 7.60. The van der Waals surface area contributed by atoms with Crippen LogP contribution in [-0.4, -0.2) is 47.7 Å². The summed E-state index contributed by atoms with van der Waals surface area (Å²) >= 11 is 0. The molecule has 0 aromatic carbocycles. The number of piperidine rings is 1. The first-order valence-corrected chi connectivity index (χ1v) is 8.07. The van der Waals surface area contributed by atoms with E-state index in [0.29, 0.717) is 11.5 Å². The highest BCUT2D eigenvalue weighted by Crippen LogP contribution is 2.34. The highest BCUT2D eigenvalue weighted by atomic mass is 16.4. The molecular weight excluding hydrogens is 252 g/mol. The molecule has 1 heterocycles. The van der Waals surface area contributed by atoms with Gasteiger partial charge in [0.25, 0.3) is 0 Å². The van der Waals surface area contributed by atoms with Crippen molar-refractivity contribution < 1.29 is 9.90 Å². The number of carbonyl (C=O) groups is 1. The highest BCUT2D eigenvalue weighted by molar-refractivity contribution is 5.73. The van der Waals surface area contributed by atoms with Gasteiger partial charge in [0.15, 0.2) is 0 Å². The Morgan fingerprint density at radius 2 is 1.85 bits per heavy atom. The zero-order chi connectivity index (χ0) is 14.8. The van der Waals surface area contributed by atoms with Gasteiger partial charge in [-0.1, -0.05) is 20.8 Å². The van der Waals surface area contributed by atoms with Crippen molar-refractivity contribution in [1.82, 2.24) is 10.2 Å². The average Bonchev–Trinajstić information content (AvgIpc) is 3.17. The zero-order valence-corrected chi connectivity index (χ0v) is 13.2. The molecule has 2 N–H and O–H groups in total. The van der Waals surface area contributed by atoms with Crippen LogP contribution in [0.1, 0.15) is 52.9 Å². The van der Waals surface area contributed by atoms with Gasteiger partial charge in [-0.3, -0.25) is 4.79 Å². The number of hydrogen-bond acceptors (Lipinski definition) is 3. The Kier molecular flexibility index (Phi) is 5.08. The summed E-state index contributed by atoms with van der Waals surface area (Å²) in [6, 6.07) is 0.102. The molecule has 0 spiro atoms. The molecule has 0 aromatic rings. The fraction of sp³-hybridized carbons (Fsp3) is 0.938. The van der Waals surface area contributed by atoms with E-state index in [0.717, 1.165) is 44.8 Å². The van der Waals surface area contributed by atoms with Gasteiger partial charge in [0.05, 0.1) is 0 Å². The molecule has 1 aliphatic heterocycles. The monoisotopic (exact) mass is 282 g/mol. The van der Waals surface area contributed by atoms with Crippen molar-refractivity contribution in [1.29, 1.82) is 0 Å². The Bertz CT molecular complexity index is 326. The van der Waals surface area contributed by atoms with Crippen LogP contribution >= 0.6 is 0 Å². The molecule has 1 atom stereocenters. The third-order valence-corrected chi connectivity index (χ3v) is 4.86. The zero-order valence-electron chi connectivity index (χ0n) is 13.2. The first kappa shape index (κ1) is 15.8. The molecular formula is C16H30N2O2. The van der Waals surface area contributed by atoms with Crippen molar-refractivity contribution in [2.45, 2.75) is 65.0 Å². The van der Waals surface area contributed by atoms with Crippen molar-refractivity contribution >= 4 is 5.97 Å². The molecule has 116 valence electrons. The standard InChI is InChI=1S/C16H30N2O2/c1-16(2,3)12-6-9-18(10-7-12)11-8-14(15(19)20)17-13-4-5-13/h12-14,17H,4-11H2,1-3H3,(H,19,20). The van der Waals surface area contributed by atoms with Gasteiger partial charge in [0, 0.05) is 12.6 Å². The maximum atomic E-state index is 11.2. The smallest absolute Gasteiger partial charge is 0.320 e. The van der Waals surface area contributed by atoms with Crippen molar-refractivity contribution in [3.63, 3.8) is 0 Å². The number of nitrogens with one attached hydrogen (secondary N) is 1. The highest BCUT2D eigenvalue weighted by Gasteiger charge is 2.31. The Morgan fingerprint density at radius 3 is 2.30 bits per heavy atom. The van der Waals surface area contributed by atoms with E-state index < -0.39 is 5.97 Å². The number of carboxylic acid groups (broad SMARTS) is 1. The van der Waals surface area contributed by atoms with Crippen LogP contribution in [0.2, 0.25) is 0 Å². The molecule has 4 heteroatoms. The van der Waals surface area contributed by atoms with Crippen LogP contribution in [0.4, 0.5) is 0 Å². The lowest BCUT2D eigenvalue weighted by Crippen LogP contribution is -2.43. The number of aliphatic carboxylic acids is 1. The van der Waals surface area contributed by atoms with Gasteiger partial charge in [0.2, 0.25) is 0 Å². The molecule has 2 rings (SSSR count). The molecule has 0 aromatic heterocycles. The Balaban J connectivity index is 1.70. The fourth-order valence-electron chi connectivity index (χ4n) is 3.15. The summed E-state index contributed by atoms with van der Waals surface area (Å²) in [6.07, 6.45) is 5.50. The average molecular weight is 282 g/mol. The summed E-state index contributed by atoms with van der Waals surface area (Å²) < 4.78 is 0. The lowest BCUT2D eigenvalue weighted by atomic mass is 9.75. The summed E-state index contributed by atoms with van der Waals surface area (Å²) in [4.78, 5) is 13.7. The number of likely N-dealkylation sites (tertiary alicyclic amines) is 1. The van der Waals surface area contributed by atoms with Gasteiger partial charge in [-0.15, -0.1) is 0 Å². The molecule has 0 amide bonds. The number of rotatable bonds is 6. The topological polar surface area (TPSA) is 52.6 Å². The Labute approximate surface area is 122 Å². The molecule has 2 aliphatic rings. The summed E-state index contributed by atoms with van der Waals surface area (Å²) in [6.45, 7) is 10.1. The summed E-state index contributed by atoms with van der Waals surface area (Å²) in [5.41, 5.74) is 0.406. The lowest BCUT2D eigenvalue weighted by molar-refractivity contribution is -0.139. The van der Waals surface area contributed by atoms with Crippen molar-refractivity contribution in [3.8, 4) is 0 Å². The molecule has 0 bridgehead atoms. The minimum absolute atomic E-state index is 0.358. The normalized spacial score (nSPS) is 23.8. The molecule has 0 radical (unpaired) electrons. The summed E-state index contributed by atoms with van der Waals surface area (Å²) in [5.74, 6) is 0.111. The van der Waals surface area contributed by atoms with E-state index in [1.807, 2.05) is 0 Å². The summed E-state index contributed by atoms with van der Waals surface area (Å²) in [5, 5.41) is 12.5. The van der Waals surface area contributed by atoms with Gasteiger partial charge in [-0.2, -0.15) is 0 Å². The van der Waals surface area contributed by atoms with E-state index in [-0.39, 0.29) is 6.04 Å². The second-order valence-corrected chi connectivity index (χ2v) is 7.60. The van der Waals surface area contributed by atoms with Crippen LogP contribution in [0.5, 0.6) is 0 Å². The van der Waals surface area contributed by atoms with Gasteiger partial charge >= 0.3 is 5.97 Å². The van der Waals surface area contributed by atoms with Crippen LogP contribution in [0.25, 0.3) is 0 Å². The molecule has 2 fully saturated rings. The van der Waals surface area contributed by atoms with E-state index in [1.165, 1.54) is 12.8 Å². The van der Waals surface area contributed by atoms with Crippen LogP contribution < -0.4 is 5.32 Å². The SMILES string of the molecule is CC(C)(C)C1CCN(CCC(NC2CC2)C(=O)O)CC1. The van der Waals surface area contributed by atoms with Crippen LogP contribution in [0.15, 0.2) is 0 Å². The molecule has 20 heavy (non-hydrogen) atoms. The predicted octanol–water partition coefficient (Wildman–Crippen LogP) is 2.34. The Hall–Kier alpha value is -0.610. The van der Waals surface area contributed by atoms with E-state index in [4.69, 9.17) is 0 Å². The second kappa shape index (κ2) is 6.44. The van der Waals surface area contributed by atoms with Crippen molar-refractivity contribution in [3.05, 3.63) is 0 Å². The third-order valence-electron chi connectivity index (χ3n) is 4.86. The molecule has 1 unspecified atom stereocenters. The lowest BCUT2D eigenvalue weighted by Gasteiger charge is -2.39. The van der Waals surface area contributed by atoms with E-state index >= 15 is 0 Å². The first-order chi connectivity index (χ1) is 9.36. The molecule has 1 aliphatic carbocycles. The van der Waals surface area contributed by atoms with Gasteiger partial charge < -0.3 is 15.3 Å². The van der Waals surface area contributed by atoms with E-state index in [2.05, 4.69) is 31.0 Å². The minimum atomic E-state index is -0.693. The third kappa shape index (κ3) is 4.74. The van der Waals surface area contributed by atoms with Crippen LogP contribution in [0, 0.1) is 11.3 Å². The number of hydrogen-bond donors (Lipinski definition) is 2. The quantitative estimate of drug-likeness (QED) is 0.785. The van der Waals surface area contributed by atoms with Crippen LogP contribution in [-0.2, 0) is 4.79 Å². The van der Waals surface area contributed by atoms with Crippen LogP contribution in [0.3, 0.4) is 0 Å². The van der Waals surface area contributed by atoms with Crippen molar-refractivity contribution in [2.24, 2.45) is 11.3 Å². The summed E-state index contributed by atoms with van der Waals surface area (Å²) in [7, 11) is 0. The minimum Gasteiger partial charge on any atom is -0.480 e. The largest absolute Gasteiger partial charge is 0.480 e. The maximum Gasteiger partial charge on any atom is 0.320 e. The van der Waals surface area contributed by atoms with Gasteiger partial charge in [-0.25, -0.2) is 0 Å². The fourth-order valence-corrected chi connectivity index (χ4v) is 3.15. The number of carboxylic acids is 1. The molecule has 1 saturated carbocycles. The number of nitrogens with zero attached hydrogens (tertiary/aromatic N) is 1. The van der Waals surface area contributed by atoms with E-state index in [1.54, 1.807) is 0 Å².